The Morgan fingerprint density at radius 2 is 0.868 bits per heavy atom. The minimum absolute atomic E-state index is 0.688. The number of nitrogens with zero attached hydrogens (tertiary/aromatic N) is 3. The Morgan fingerprint density at radius 1 is 0.340 bits per heavy atom. The molecule has 3 aromatic heterocycles. The molecule has 0 aliphatic heterocycles. The summed E-state index contributed by atoms with van der Waals surface area (Å²) in [7, 11) is 0. The first-order valence-corrected chi connectivity index (χ1v) is 17.9. The third kappa shape index (κ3) is 4.73. The Balaban J connectivity index is 1.08. The first kappa shape index (κ1) is 29.5. The summed E-state index contributed by atoms with van der Waals surface area (Å²) in [4.78, 5) is 15.5. The number of fused-ring (bicyclic) bond motifs is 11. The molecular weight excluding hydrogens is 647 g/mol. The van der Waals surface area contributed by atoms with Crippen LogP contribution in [0.15, 0.2) is 180 Å². The summed E-state index contributed by atoms with van der Waals surface area (Å²) in [6.07, 6.45) is 0. The highest BCUT2D eigenvalue weighted by atomic mass is 16.3. The van der Waals surface area contributed by atoms with Crippen molar-refractivity contribution in [2.24, 2.45) is 0 Å². The zero-order valence-corrected chi connectivity index (χ0v) is 28.5. The van der Waals surface area contributed by atoms with Crippen molar-refractivity contribution in [2.45, 2.75) is 0 Å². The van der Waals surface area contributed by atoms with Crippen molar-refractivity contribution >= 4 is 65.2 Å². The molecule has 11 rings (SSSR count). The van der Waals surface area contributed by atoms with Gasteiger partial charge in [-0.25, -0.2) is 15.0 Å². The van der Waals surface area contributed by atoms with E-state index in [-0.39, 0.29) is 0 Å². The van der Waals surface area contributed by atoms with Gasteiger partial charge in [0.05, 0.1) is 28.0 Å². The molecule has 246 valence electrons. The van der Waals surface area contributed by atoms with Crippen molar-refractivity contribution in [2.75, 3.05) is 0 Å². The lowest BCUT2D eigenvalue weighted by Gasteiger charge is -2.13. The summed E-state index contributed by atoms with van der Waals surface area (Å²) < 4.78 is 6.45. The van der Waals surface area contributed by atoms with Gasteiger partial charge in [0.1, 0.15) is 11.2 Å². The summed E-state index contributed by atoms with van der Waals surface area (Å²) >= 11 is 0. The summed E-state index contributed by atoms with van der Waals surface area (Å²) in [5.41, 5.74) is 9.29. The maximum absolute atomic E-state index is 6.45. The van der Waals surface area contributed by atoms with Crippen LogP contribution in [-0.2, 0) is 0 Å². The largest absolute Gasteiger partial charge is 0.455 e. The molecule has 0 saturated carbocycles. The second-order valence-corrected chi connectivity index (χ2v) is 13.5. The van der Waals surface area contributed by atoms with E-state index in [1.807, 2.05) is 48.5 Å². The summed E-state index contributed by atoms with van der Waals surface area (Å²) in [6, 6.07) is 61.4. The van der Waals surface area contributed by atoms with Crippen LogP contribution in [0.4, 0.5) is 0 Å². The zero-order chi connectivity index (χ0) is 34.9. The molecule has 0 atom stereocenters. The molecule has 0 aliphatic carbocycles. The molecule has 8 aromatic carbocycles. The predicted octanol–water partition coefficient (Wildman–Crippen LogP) is 13.1. The molecule has 0 radical (unpaired) electrons. The Kier molecular flexibility index (Phi) is 6.52. The van der Waals surface area contributed by atoms with Crippen LogP contribution < -0.4 is 0 Å². The smallest absolute Gasteiger partial charge is 0.160 e. The van der Waals surface area contributed by atoms with Crippen molar-refractivity contribution in [1.82, 2.24) is 15.0 Å². The normalized spacial score (nSPS) is 11.8. The van der Waals surface area contributed by atoms with Gasteiger partial charge in [0, 0.05) is 33.0 Å². The minimum atomic E-state index is 0.688. The van der Waals surface area contributed by atoms with Gasteiger partial charge >= 0.3 is 0 Å². The SMILES string of the molecule is c1ccc(-c2nc(-c3ccc(-c4nc5ccccc5c5oc6ccccc6c45)cc3)cc(-c3ccc4c5ccccc5c5ccccc5c4c3)n2)cc1. The molecule has 53 heavy (non-hydrogen) atoms. The number of rotatable bonds is 4. The van der Waals surface area contributed by atoms with Crippen LogP contribution in [-0.4, -0.2) is 15.0 Å². The molecule has 0 spiro atoms. The molecule has 0 N–H and O–H groups in total. The van der Waals surface area contributed by atoms with Crippen LogP contribution in [0.2, 0.25) is 0 Å². The van der Waals surface area contributed by atoms with Crippen molar-refractivity contribution in [1.29, 1.82) is 0 Å². The molecule has 0 aliphatic rings. The van der Waals surface area contributed by atoms with E-state index in [1.165, 1.54) is 32.3 Å². The average molecular weight is 676 g/mol. The maximum atomic E-state index is 6.45. The number of hydrogen-bond donors (Lipinski definition) is 0. The quantitative estimate of drug-likeness (QED) is 0.174. The lowest BCUT2D eigenvalue weighted by Crippen LogP contribution is -1.96. The van der Waals surface area contributed by atoms with E-state index in [0.717, 1.165) is 72.2 Å². The van der Waals surface area contributed by atoms with E-state index >= 15 is 0 Å². The molecule has 0 fully saturated rings. The summed E-state index contributed by atoms with van der Waals surface area (Å²) in [5, 5.41) is 10.5. The number of para-hydroxylation sites is 2. The van der Waals surface area contributed by atoms with Gasteiger partial charge in [-0.05, 0) is 62.6 Å². The second kappa shape index (κ2) is 11.7. The highest BCUT2D eigenvalue weighted by molar-refractivity contribution is 6.25. The number of hydrogen-bond acceptors (Lipinski definition) is 4. The number of aromatic nitrogens is 3. The average Bonchev–Trinajstić information content (AvgIpc) is 3.64. The maximum Gasteiger partial charge on any atom is 0.160 e. The number of benzene rings is 8. The Morgan fingerprint density at radius 3 is 1.58 bits per heavy atom. The topological polar surface area (TPSA) is 51.8 Å². The lowest BCUT2D eigenvalue weighted by atomic mass is 9.92. The fraction of sp³-hybridized carbons (Fsp3) is 0. The molecule has 3 heterocycles. The highest BCUT2D eigenvalue weighted by Crippen LogP contribution is 2.41. The standard InChI is InChI=1S/C49H29N3O/c1-2-12-32(13-3-1)49-51-43(29-44(52-49)33-26-27-38-36-16-5-4-14-34(36)35-15-6-7-17-37(35)41(38)28-33)30-22-24-31(25-23-30)47-46-40-19-9-11-21-45(40)53-48(46)39-18-8-10-20-42(39)50-47/h1-29H. The minimum Gasteiger partial charge on any atom is -0.455 e. The van der Waals surface area contributed by atoms with Crippen molar-refractivity contribution in [3.05, 3.63) is 176 Å². The summed E-state index contributed by atoms with van der Waals surface area (Å²) in [5.74, 6) is 0.688. The molecule has 0 bridgehead atoms. The van der Waals surface area contributed by atoms with Gasteiger partial charge in [0.2, 0.25) is 0 Å². The first-order chi connectivity index (χ1) is 26.3. The Bertz CT molecular complexity index is 3180. The number of pyridine rings is 1. The van der Waals surface area contributed by atoms with Crippen molar-refractivity contribution in [3.63, 3.8) is 0 Å². The lowest BCUT2D eigenvalue weighted by molar-refractivity contribution is 0.672. The van der Waals surface area contributed by atoms with Crippen LogP contribution in [0.5, 0.6) is 0 Å². The van der Waals surface area contributed by atoms with Gasteiger partial charge in [0.15, 0.2) is 5.82 Å². The number of furan rings is 1. The highest BCUT2D eigenvalue weighted by Gasteiger charge is 2.18. The Labute approximate surface area is 304 Å². The van der Waals surface area contributed by atoms with Crippen molar-refractivity contribution in [3.8, 4) is 45.2 Å². The molecule has 0 saturated heterocycles. The van der Waals surface area contributed by atoms with E-state index in [9.17, 15) is 0 Å². The first-order valence-electron chi connectivity index (χ1n) is 17.9. The van der Waals surface area contributed by atoms with Crippen LogP contribution in [0.1, 0.15) is 0 Å². The van der Waals surface area contributed by atoms with Gasteiger partial charge < -0.3 is 4.42 Å². The van der Waals surface area contributed by atoms with E-state index in [0.29, 0.717) is 5.82 Å². The zero-order valence-electron chi connectivity index (χ0n) is 28.5. The third-order valence-corrected chi connectivity index (χ3v) is 10.5. The van der Waals surface area contributed by atoms with E-state index < -0.39 is 0 Å². The third-order valence-electron chi connectivity index (χ3n) is 10.5. The molecular formula is C49H29N3O. The van der Waals surface area contributed by atoms with Gasteiger partial charge in [-0.1, -0.05) is 146 Å². The fourth-order valence-corrected chi connectivity index (χ4v) is 7.94. The second-order valence-electron chi connectivity index (χ2n) is 13.5. The summed E-state index contributed by atoms with van der Waals surface area (Å²) in [6.45, 7) is 0. The van der Waals surface area contributed by atoms with Gasteiger partial charge in [0.25, 0.3) is 0 Å². The van der Waals surface area contributed by atoms with Crippen LogP contribution in [0.25, 0.3) is 110 Å². The van der Waals surface area contributed by atoms with Gasteiger partial charge in [-0.3, -0.25) is 0 Å². The van der Waals surface area contributed by atoms with Crippen LogP contribution in [0, 0.1) is 0 Å². The predicted molar refractivity (Wildman–Crippen MR) is 219 cm³/mol. The molecule has 4 nitrogen and oxygen atoms in total. The van der Waals surface area contributed by atoms with Gasteiger partial charge in [-0.15, -0.1) is 0 Å². The van der Waals surface area contributed by atoms with Gasteiger partial charge in [-0.2, -0.15) is 0 Å². The van der Waals surface area contributed by atoms with E-state index in [2.05, 4.69) is 127 Å². The van der Waals surface area contributed by atoms with Crippen molar-refractivity contribution < 1.29 is 4.42 Å². The molecule has 4 heteroatoms. The molecule has 0 unspecified atom stereocenters. The Hall–Kier alpha value is -7.17. The fourth-order valence-electron chi connectivity index (χ4n) is 7.94. The van der Waals surface area contributed by atoms with Crippen LogP contribution >= 0.6 is 0 Å². The molecule has 0 amide bonds. The van der Waals surface area contributed by atoms with Crippen LogP contribution in [0.3, 0.4) is 0 Å². The monoisotopic (exact) mass is 675 g/mol. The van der Waals surface area contributed by atoms with E-state index in [4.69, 9.17) is 19.4 Å². The van der Waals surface area contributed by atoms with E-state index in [1.54, 1.807) is 0 Å². The molecule has 11 aromatic rings.